The molecule has 1 aromatic carbocycles. The van der Waals surface area contributed by atoms with E-state index in [0.29, 0.717) is 6.54 Å². The lowest BCUT2D eigenvalue weighted by Crippen LogP contribution is -2.38. The van der Waals surface area contributed by atoms with Crippen LogP contribution in [0.2, 0.25) is 0 Å². The van der Waals surface area contributed by atoms with Crippen molar-refractivity contribution in [2.75, 3.05) is 13.3 Å². The van der Waals surface area contributed by atoms with Gasteiger partial charge in [-0.2, -0.15) is 5.10 Å². The minimum absolute atomic E-state index is 0.206. The van der Waals surface area contributed by atoms with Crippen molar-refractivity contribution in [3.8, 4) is 0 Å². The number of rotatable bonds is 6. The van der Waals surface area contributed by atoms with Gasteiger partial charge in [-0.15, -0.1) is 0 Å². The van der Waals surface area contributed by atoms with Gasteiger partial charge in [-0.3, -0.25) is 4.68 Å². The van der Waals surface area contributed by atoms with E-state index in [1.807, 2.05) is 31.6 Å². The van der Waals surface area contributed by atoms with Gasteiger partial charge in [0.2, 0.25) is 0 Å². The summed E-state index contributed by atoms with van der Waals surface area (Å²) in [4.78, 5) is 14.2. The maximum atomic E-state index is 12.4. The zero-order chi connectivity index (χ0) is 19.5. The number of hydrogen-bond donors (Lipinski definition) is 1. The summed E-state index contributed by atoms with van der Waals surface area (Å²) in [5.74, 6) is 0. The summed E-state index contributed by atoms with van der Waals surface area (Å²) in [6.07, 6.45) is 4.86. The van der Waals surface area contributed by atoms with Gasteiger partial charge in [-0.25, -0.2) is 13.2 Å². The summed E-state index contributed by atoms with van der Waals surface area (Å²) < 4.78 is 24.9. The van der Waals surface area contributed by atoms with E-state index in [9.17, 15) is 13.2 Å². The Morgan fingerprint density at radius 2 is 1.85 bits per heavy atom. The van der Waals surface area contributed by atoms with Crippen molar-refractivity contribution in [2.45, 2.75) is 44.3 Å². The van der Waals surface area contributed by atoms with Gasteiger partial charge >= 0.3 is 6.03 Å². The quantitative estimate of drug-likeness (QED) is 0.838. The van der Waals surface area contributed by atoms with Gasteiger partial charge in [-0.1, -0.05) is 12.1 Å². The van der Waals surface area contributed by atoms with Crippen LogP contribution in [-0.4, -0.2) is 42.4 Å². The van der Waals surface area contributed by atoms with Gasteiger partial charge in [-0.05, 0) is 38.5 Å². The van der Waals surface area contributed by atoms with Crippen LogP contribution in [0, 0.1) is 0 Å². The van der Waals surface area contributed by atoms with Crippen molar-refractivity contribution in [3.63, 3.8) is 0 Å². The van der Waals surface area contributed by atoms with Crippen LogP contribution in [0.4, 0.5) is 4.79 Å². The molecule has 0 fully saturated rings. The predicted octanol–water partition coefficient (Wildman–Crippen LogP) is 2.77. The standard InChI is InChI=1S/C18H26N4O3S/c1-13(2)22-12-15(10-19-22)11-21(4)18(23)20-14(3)16-6-8-17(9-7-16)26(5,24)25/h6-10,12-14H,11H2,1-5H3,(H,20,23). The fraction of sp³-hybridized carbons (Fsp3) is 0.444. The minimum atomic E-state index is -3.22. The Balaban J connectivity index is 1.96. The third-order valence-corrected chi connectivity index (χ3v) is 5.23. The highest BCUT2D eigenvalue weighted by Gasteiger charge is 2.15. The molecule has 0 saturated carbocycles. The molecule has 142 valence electrons. The molecule has 0 aliphatic heterocycles. The van der Waals surface area contributed by atoms with E-state index in [2.05, 4.69) is 10.4 Å². The van der Waals surface area contributed by atoms with Crippen LogP contribution >= 0.6 is 0 Å². The smallest absolute Gasteiger partial charge is 0.317 e. The third kappa shape index (κ3) is 5.08. The predicted molar refractivity (Wildman–Crippen MR) is 101 cm³/mol. The van der Waals surface area contributed by atoms with Gasteiger partial charge in [0.1, 0.15) is 0 Å². The molecular weight excluding hydrogens is 352 g/mol. The van der Waals surface area contributed by atoms with E-state index in [0.717, 1.165) is 11.1 Å². The molecule has 1 unspecified atom stereocenters. The second-order valence-corrected chi connectivity index (χ2v) is 8.81. The molecule has 2 rings (SSSR count). The Hall–Kier alpha value is -2.35. The van der Waals surface area contributed by atoms with Gasteiger partial charge in [0, 0.05) is 31.1 Å². The number of nitrogens with one attached hydrogen (secondary N) is 1. The van der Waals surface area contributed by atoms with Gasteiger partial charge in [0.05, 0.1) is 23.7 Å². The number of nitrogens with zero attached hydrogens (tertiary/aromatic N) is 3. The molecule has 1 aromatic heterocycles. The lowest BCUT2D eigenvalue weighted by molar-refractivity contribution is 0.203. The highest BCUT2D eigenvalue weighted by molar-refractivity contribution is 7.90. The van der Waals surface area contributed by atoms with E-state index >= 15 is 0 Å². The van der Waals surface area contributed by atoms with Crippen molar-refractivity contribution in [3.05, 3.63) is 47.8 Å². The SMILES string of the molecule is CC(NC(=O)N(C)Cc1cnn(C(C)C)c1)c1ccc(S(C)(=O)=O)cc1. The molecule has 7 nitrogen and oxygen atoms in total. The van der Waals surface area contributed by atoms with Gasteiger partial charge in [0.25, 0.3) is 0 Å². The molecule has 1 N–H and O–H groups in total. The first-order chi connectivity index (χ1) is 12.1. The third-order valence-electron chi connectivity index (χ3n) is 4.10. The Morgan fingerprint density at radius 1 is 1.23 bits per heavy atom. The molecule has 0 aliphatic rings. The van der Waals surface area contributed by atoms with Crippen molar-refractivity contribution in [1.29, 1.82) is 0 Å². The average Bonchev–Trinajstić information content (AvgIpc) is 3.02. The lowest BCUT2D eigenvalue weighted by Gasteiger charge is -2.21. The minimum Gasteiger partial charge on any atom is -0.331 e. The molecule has 2 amide bonds. The monoisotopic (exact) mass is 378 g/mol. The van der Waals surface area contributed by atoms with Crippen LogP contribution in [0.5, 0.6) is 0 Å². The molecule has 26 heavy (non-hydrogen) atoms. The van der Waals surface area contributed by atoms with Crippen LogP contribution in [0.25, 0.3) is 0 Å². The second-order valence-electron chi connectivity index (χ2n) is 6.79. The number of carbonyl (C=O) groups excluding carboxylic acids is 1. The molecule has 0 aliphatic carbocycles. The molecule has 0 radical (unpaired) electrons. The number of hydrogen-bond acceptors (Lipinski definition) is 4. The number of aromatic nitrogens is 2. The molecule has 0 spiro atoms. The molecule has 0 saturated heterocycles. The maximum absolute atomic E-state index is 12.4. The highest BCUT2D eigenvalue weighted by Crippen LogP contribution is 2.17. The Morgan fingerprint density at radius 3 is 2.35 bits per heavy atom. The van der Waals surface area contributed by atoms with Crippen LogP contribution in [0.15, 0.2) is 41.6 Å². The van der Waals surface area contributed by atoms with Crippen LogP contribution in [-0.2, 0) is 16.4 Å². The number of sulfone groups is 1. The number of amides is 2. The summed E-state index contributed by atoms with van der Waals surface area (Å²) in [6, 6.07) is 6.37. The summed E-state index contributed by atoms with van der Waals surface area (Å²) in [5.41, 5.74) is 1.80. The molecular formula is C18H26N4O3S. The highest BCUT2D eigenvalue weighted by atomic mass is 32.2. The fourth-order valence-electron chi connectivity index (χ4n) is 2.47. The van der Waals surface area contributed by atoms with Crippen molar-refractivity contribution in [1.82, 2.24) is 20.0 Å². The maximum Gasteiger partial charge on any atom is 0.317 e. The van der Waals surface area contributed by atoms with Crippen molar-refractivity contribution >= 4 is 15.9 Å². The van der Waals surface area contributed by atoms with Crippen LogP contribution in [0.1, 0.15) is 44.0 Å². The number of benzene rings is 1. The normalized spacial score (nSPS) is 12.8. The van der Waals surface area contributed by atoms with Crippen molar-refractivity contribution in [2.24, 2.45) is 0 Å². The molecule has 0 bridgehead atoms. The Labute approximate surface area is 154 Å². The topological polar surface area (TPSA) is 84.3 Å². The van der Waals surface area contributed by atoms with E-state index in [1.165, 1.54) is 6.26 Å². The van der Waals surface area contributed by atoms with E-state index in [4.69, 9.17) is 0 Å². The van der Waals surface area contributed by atoms with Gasteiger partial charge in [0.15, 0.2) is 9.84 Å². The largest absolute Gasteiger partial charge is 0.331 e. The Bertz CT molecular complexity index is 857. The molecule has 1 atom stereocenters. The lowest BCUT2D eigenvalue weighted by atomic mass is 10.1. The zero-order valence-electron chi connectivity index (χ0n) is 15.8. The summed E-state index contributed by atoms with van der Waals surface area (Å²) in [7, 11) is -1.50. The van der Waals surface area contributed by atoms with Gasteiger partial charge < -0.3 is 10.2 Å². The molecule has 8 heteroatoms. The van der Waals surface area contributed by atoms with E-state index in [-0.39, 0.29) is 23.0 Å². The summed E-state index contributed by atoms with van der Waals surface area (Å²) in [5, 5.41) is 7.19. The van der Waals surface area contributed by atoms with E-state index in [1.54, 1.807) is 42.4 Å². The first-order valence-corrected chi connectivity index (χ1v) is 10.3. The Kier molecular flexibility index (Phi) is 6.07. The fourth-order valence-corrected chi connectivity index (χ4v) is 3.10. The first kappa shape index (κ1) is 20.0. The number of urea groups is 1. The molecule has 1 heterocycles. The number of carbonyl (C=O) groups is 1. The summed E-state index contributed by atoms with van der Waals surface area (Å²) >= 11 is 0. The van der Waals surface area contributed by atoms with Crippen LogP contribution in [0.3, 0.4) is 0 Å². The van der Waals surface area contributed by atoms with Crippen molar-refractivity contribution < 1.29 is 13.2 Å². The van der Waals surface area contributed by atoms with E-state index < -0.39 is 9.84 Å². The summed E-state index contributed by atoms with van der Waals surface area (Å²) in [6.45, 7) is 6.41. The van der Waals surface area contributed by atoms with Crippen LogP contribution < -0.4 is 5.32 Å². The second kappa shape index (κ2) is 7.90. The average molecular weight is 378 g/mol. The first-order valence-electron chi connectivity index (χ1n) is 8.42. The molecule has 2 aromatic rings. The zero-order valence-corrected chi connectivity index (χ0v) is 16.6.